The summed E-state index contributed by atoms with van der Waals surface area (Å²) in [6, 6.07) is 37.6. The summed E-state index contributed by atoms with van der Waals surface area (Å²) in [5, 5.41) is 3.25. The average Bonchev–Trinajstić information content (AvgIpc) is 3.46. The lowest BCUT2D eigenvalue weighted by Gasteiger charge is -2.33. The number of anilines is 3. The molecule has 5 heteroatoms. The minimum absolute atomic E-state index is 0.829. The molecular weight excluding hydrogens is 528 g/mol. The second-order valence-electron chi connectivity index (χ2n) is 8.59. The Kier molecular flexibility index (Phi) is 5.12. The summed E-state index contributed by atoms with van der Waals surface area (Å²) in [6.07, 6.45) is 0. The molecule has 36 heavy (non-hydrogen) atoms. The van der Waals surface area contributed by atoms with E-state index < -0.39 is 0 Å². The highest BCUT2D eigenvalue weighted by atomic mass is 79.9. The molecule has 0 amide bonds. The number of benzene rings is 4. The van der Waals surface area contributed by atoms with Gasteiger partial charge in [0.05, 0.1) is 28.3 Å². The van der Waals surface area contributed by atoms with Crippen LogP contribution in [-0.2, 0) is 0 Å². The third kappa shape index (κ3) is 3.51. The zero-order chi connectivity index (χ0) is 24.1. The van der Waals surface area contributed by atoms with Gasteiger partial charge in [0.15, 0.2) is 11.5 Å². The molecule has 3 heterocycles. The number of halogens is 1. The van der Waals surface area contributed by atoms with E-state index >= 15 is 0 Å². The smallest absolute Gasteiger partial charge is 0.151 e. The van der Waals surface area contributed by atoms with Crippen LogP contribution >= 0.6 is 27.3 Å². The van der Waals surface area contributed by atoms with E-state index in [2.05, 4.69) is 99.0 Å². The standard InChI is InChI=1S/C31H19BrN2OS/c32-21-16-14-20(15-17-21)24-19-23(30-13-6-18-36-30)22-7-5-10-27(31(22)33-24)34-25-8-1-3-11-28(25)35-29-12-4-2-9-26(29)34/h1-19H. The fourth-order valence-electron chi connectivity index (χ4n) is 4.78. The Balaban J connectivity index is 1.55. The number of para-hydroxylation sites is 5. The summed E-state index contributed by atoms with van der Waals surface area (Å²) < 4.78 is 7.31. The predicted octanol–water partition coefficient (Wildman–Crippen LogP) is 9.97. The Morgan fingerprint density at radius 2 is 1.39 bits per heavy atom. The van der Waals surface area contributed by atoms with Crippen LogP contribution in [0.5, 0.6) is 11.5 Å². The Bertz CT molecular complexity index is 1680. The summed E-state index contributed by atoms with van der Waals surface area (Å²) in [7, 11) is 0. The molecule has 0 unspecified atom stereocenters. The molecule has 0 aliphatic carbocycles. The molecule has 0 bridgehead atoms. The number of rotatable bonds is 3. The molecule has 6 aromatic rings. The fraction of sp³-hybridized carbons (Fsp3) is 0. The first-order chi connectivity index (χ1) is 17.8. The van der Waals surface area contributed by atoms with Crippen molar-refractivity contribution in [2.24, 2.45) is 0 Å². The maximum Gasteiger partial charge on any atom is 0.151 e. The highest BCUT2D eigenvalue weighted by molar-refractivity contribution is 9.10. The summed E-state index contributed by atoms with van der Waals surface area (Å²) in [5.41, 5.74) is 7.18. The quantitative estimate of drug-likeness (QED) is 0.220. The van der Waals surface area contributed by atoms with Crippen molar-refractivity contribution >= 4 is 55.2 Å². The molecule has 1 aliphatic heterocycles. The predicted molar refractivity (Wildman–Crippen MR) is 153 cm³/mol. The number of nitrogens with zero attached hydrogens (tertiary/aromatic N) is 2. The van der Waals surface area contributed by atoms with Gasteiger partial charge in [0.2, 0.25) is 0 Å². The summed E-state index contributed by atoms with van der Waals surface area (Å²) in [6.45, 7) is 0. The fourth-order valence-corrected chi connectivity index (χ4v) is 5.80. The van der Waals surface area contributed by atoms with Crippen molar-refractivity contribution in [1.82, 2.24) is 4.98 Å². The van der Waals surface area contributed by atoms with Crippen LogP contribution in [0.15, 0.2) is 119 Å². The SMILES string of the molecule is Brc1ccc(-c2cc(-c3cccs3)c3cccc(N4c5ccccc5Oc5ccccc54)c3n2)cc1. The Labute approximate surface area is 221 Å². The largest absolute Gasteiger partial charge is 0.453 e. The zero-order valence-corrected chi connectivity index (χ0v) is 21.5. The summed E-state index contributed by atoms with van der Waals surface area (Å²) >= 11 is 5.31. The lowest BCUT2D eigenvalue weighted by atomic mass is 10.0. The summed E-state index contributed by atoms with van der Waals surface area (Å²) in [5.74, 6) is 1.66. The first-order valence-corrected chi connectivity index (χ1v) is 13.3. The Morgan fingerprint density at radius 3 is 2.08 bits per heavy atom. The van der Waals surface area contributed by atoms with Gasteiger partial charge >= 0.3 is 0 Å². The van der Waals surface area contributed by atoms with E-state index in [1.165, 1.54) is 10.4 Å². The monoisotopic (exact) mass is 546 g/mol. The second kappa shape index (κ2) is 8.63. The molecule has 3 nitrogen and oxygen atoms in total. The van der Waals surface area contributed by atoms with Gasteiger partial charge in [-0.25, -0.2) is 4.98 Å². The number of thiophene rings is 1. The number of hydrogen-bond donors (Lipinski definition) is 0. The normalized spacial score (nSPS) is 12.2. The maximum atomic E-state index is 6.26. The van der Waals surface area contributed by atoms with Crippen LogP contribution < -0.4 is 9.64 Å². The minimum Gasteiger partial charge on any atom is -0.453 e. The molecule has 0 saturated heterocycles. The molecule has 172 valence electrons. The van der Waals surface area contributed by atoms with E-state index in [0.29, 0.717) is 0 Å². The van der Waals surface area contributed by atoms with Gasteiger partial charge in [-0.2, -0.15) is 0 Å². The van der Waals surface area contributed by atoms with E-state index in [0.717, 1.165) is 55.2 Å². The molecule has 7 rings (SSSR count). The van der Waals surface area contributed by atoms with Crippen molar-refractivity contribution in [3.8, 4) is 33.2 Å². The van der Waals surface area contributed by atoms with Crippen LogP contribution in [0.25, 0.3) is 32.6 Å². The number of ether oxygens (including phenoxy) is 1. The molecule has 0 radical (unpaired) electrons. The van der Waals surface area contributed by atoms with Gasteiger partial charge in [-0.15, -0.1) is 11.3 Å². The molecule has 0 N–H and O–H groups in total. The van der Waals surface area contributed by atoms with Crippen LogP contribution in [0.1, 0.15) is 0 Å². The van der Waals surface area contributed by atoms with Crippen molar-refractivity contribution in [2.75, 3.05) is 4.90 Å². The van der Waals surface area contributed by atoms with E-state index in [1.807, 2.05) is 36.4 Å². The molecular formula is C31H19BrN2OS. The highest BCUT2D eigenvalue weighted by Crippen LogP contribution is 2.51. The molecule has 4 aromatic carbocycles. The molecule has 0 spiro atoms. The zero-order valence-electron chi connectivity index (χ0n) is 19.1. The van der Waals surface area contributed by atoms with E-state index in [9.17, 15) is 0 Å². The van der Waals surface area contributed by atoms with Gasteiger partial charge in [-0.1, -0.05) is 70.5 Å². The third-order valence-electron chi connectivity index (χ3n) is 6.42. The minimum atomic E-state index is 0.829. The van der Waals surface area contributed by atoms with Crippen LogP contribution in [0.3, 0.4) is 0 Å². The molecule has 2 aromatic heterocycles. The van der Waals surface area contributed by atoms with Crippen LogP contribution in [-0.4, -0.2) is 4.98 Å². The van der Waals surface area contributed by atoms with E-state index in [4.69, 9.17) is 9.72 Å². The van der Waals surface area contributed by atoms with Crippen molar-refractivity contribution in [2.45, 2.75) is 0 Å². The maximum absolute atomic E-state index is 6.26. The van der Waals surface area contributed by atoms with Gasteiger partial charge in [0.1, 0.15) is 0 Å². The number of aromatic nitrogens is 1. The van der Waals surface area contributed by atoms with Gasteiger partial charge in [0.25, 0.3) is 0 Å². The molecule has 0 atom stereocenters. The number of pyridine rings is 1. The first kappa shape index (κ1) is 21.4. The van der Waals surface area contributed by atoms with Gasteiger partial charge in [-0.3, -0.25) is 0 Å². The highest BCUT2D eigenvalue weighted by Gasteiger charge is 2.27. The Hall–Kier alpha value is -3.93. The van der Waals surface area contributed by atoms with Crippen molar-refractivity contribution < 1.29 is 4.74 Å². The van der Waals surface area contributed by atoms with E-state index in [1.54, 1.807) is 11.3 Å². The van der Waals surface area contributed by atoms with Crippen LogP contribution in [0, 0.1) is 0 Å². The van der Waals surface area contributed by atoms with Crippen molar-refractivity contribution in [3.05, 3.63) is 119 Å². The Morgan fingerprint density at radius 1 is 0.694 bits per heavy atom. The average molecular weight is 547 g/mol. The van der Waals surface area contributed by atoms with E-state index in [-0.39, 0.29) is 0 Å². The molecule has 0 fully saturated rings. The van der Waals surface area contributed by atoms with Gasteiger partial charge < -0.3 is 9.64 Å². The van der Waals surface area contributed by atoms with Crippen LogP contribution in [0.4, 0.5) is 17.1 Å². The topological polar surface area (TPSA) is 25.4 Å². The lowest BCUT2D eigenvalue weighted by molar-refractivity contribution is 0.477. The van der Waals surface area contributed by atoms with Crippen molar-refractivity contribution in [3.63, 3.8) is 0 Å². The number of hydrogen-bond acceptors (Lipinski definition) is 4. The lowest BCUT2D eigenvalue weighted by Crippen LogP contribution is -2.16. The third-order valence-corrected chi connectivity index (χ3v) is 7.85. The first-order valence-electron chi connectivity index (χ1n) is 11.7. The van der Waals surface area contributed by atoms with Gasteiger partial charge in [0, 0.05) is 25.9 Å². The second-order valence-corrected chi connectivity index (χ2v) is 10.4. The molecule has 0 saturated carbocycles. The number of fused-ring (bicyclic) bond motifs is 3. The van der Waals surface area contributed by atoms with Crippen LogP contribution in [0.2, 0.25) is 0 Å². The van der Waals surface area contributed by atoms with Gasteiger partial charge in [-0.05, 0) is 60.0 Å². The molecule has 1 aliphatic rings. The van der Waals surface area contributed by atoms with Crippen molar-refractivity contribution in [1.29, 1.82) is 0 Å². The summed E-state index contributed by atoms with van der Waals surface area (Å²) in [4.78, 5) is 8.77.